The maximum atomic E-state index is 13.2. The van der Waals surface area contributed by atoms with Gasteiger partial charge in [-0.1, -0.05) is 56.3 Å². The molecule has 7 heteroatoms. The Balaban J connectivity index is 1.64. The number of nitrogens with one attached hydrogen (secondary N) is 3. The molecular formula is C26H28FN3O3. The van der Waals surface area contributed by atoms with Gasteiger partial charge in [-0.3, -0.25) is 15.0 Å². The molecule has 0 saturated heterocycles. The second kappa shape index (κ2) is 11.2. The zero-order chi connectivity index (χ0) is 23.8. The van der Waals surface area contributed by atoms with Gasteiger partial charge in [0.15, 0.2) is 6.61 Å². The zero-order valence-corrected chi connectivity index (χ0v) is 18.9. The van der Waals surface area contributed by atoms with Crippen molar-refractivity contribution in [2.24, 2.45) is 0 Å². The summed E-state index contributed by atoms with van der Waals surface area (Å²) in [4.78, 5) is 25.4. The van der Waals surface area contributed by atoms with Crippen LogP contribution in [0, 0.1) is 12.7 Å². The van der Waals surface area contributed by atoms with E-state index in [1.165, 1.54) is 24.3 Å². The van der Waals surface area contributed by atoms with Crippen LogP contribution in [0.2, 0.25) is 0 Å². The van der Waals surface area contributed by atoms with E-state index in [4.69, 9.17) is 4.74 Å². The normalized spacial score (nSPS) is 11.7. The molecule has 0 bridgehead atoms. The van der Waals surface area contributed by atoms with E-state index in [0.29, 0.717) is 17.0 Å². The van der Waals surface area contributed by atoms with Gasteiger partial charge in [0, 0.05) is 5.69 Å². The van der Waals surface area contributed by atoms with Crippen molar-refractivity contribution in [3.63, 3.8) is 0 Å². The number of halogens is 1. The lowest BCUT2D eigenvalue weighted by molar-refractivity contribution is -0.125. The Labute approximate surface area is 193 Å². The van der Waals surface area contributed by atoms with Crippen LogP contribution in [0.25, 0.3) is 0 Å². The first-order valence-electron chi connectivity index (χ1n) is 10.7. The molecule has 0 fully saturated rings. The first kappa shape index (κ1) is 23.9. The largest absolute Gasteiger partial charge is 0.483 e. The molecule has 0 aromatic heterocycles. The van der Waals surface area contributed by atoms with Gasteiger partial charge in [-0.15, -0.1) is 0 Å². The molecule has 0 saturated carbocycles. The lowest BCUT2D eigenvalue weighted by atomic mass is 10.0. The third-order valence-corrected chi connectivity index (χ3v) is 5.01. The molecule has 0 aliphatic carbocycles. The van der Waals surface area contributed by atoms with Gasteiger partial charge in [0.25, 0.3) is 5.91 Å². The quantitative estimate of drug-likeness (QED) is 0.416. The molecule has 0 heterocycles. The van der Waals surface area contributed by atoms with Crippen LogP contribution >= 0.6 is 0 Å². The van der Waals surface area contributed by atoms with E-state index in [-0.39, 0.29) is 12.5 Å². The van der Waals surface area contributed by atoms with Crippen LogP contribution in [0.1, 0.15) is 42.5 Å². The van der Waals surface area contributed by atoms with E-state index < -0.39 is 23.7 Å². The second-order valence-electron chi connectivity index (χ2n) is 8.02. The minimum atomic E-state index is -0.870. The van der Waals surface area contributed by atoms with E-state index >= 15 is 0 Å². The van der Waals surface area contributed by atoms with Crippen molar-refractivity contribution in [1.29, 1.82) is 0 Å². The highest BCUT2D eigenvalue weighted by atomic mass is 19.1. The highest BCUT2D eigenvalue weighted by Gasteiger charge is 2.21. The zero-order valence-electron chi connectivity index (χ0n) is 18.9. The number of hydrazine groups is 1. The molecular weight excluding hydrogens is 421 g/mol. The Kier molecular flexibility index (Phi) is 8.16. The number of benzene rings is 3. The van der Waals surface area contributed by atoms with Crippen molar-refractivity contribution in [2.75, 3.05) is 11.9 Å². The van der Waals surface area contributed by atoms with Crippen molar-refractivity contribution in [3.05, 3.63) is 95.3 Å². The molecule has 3 aromatic carbocycles. The van der Waals surface area contributed by atoms with Gasteiger partial charge in [-0.05, 0) is 59.9 Å². The van der Waals surface area contributed by atoms with E-state index in [9.17, 15) is 14.0 Å². The third kappa shape index (κ3) is 6.89. The molecule has 1 atom stereocenters. The smallest absolute Gasteiger partial charge is 0.272 e. The number of aryl methyl sites for hydroxylation is 1. The first-order valence-corrected chi connectivity index (χ1v) is 10.7. The highest BCUT2D eigenvalue weighted by Crippen LogP contribution is 2.27. The number of carbonyl (C=O) groups excluding carboxylic acids is 2. The summed E-state index contributed by atoms with van der Waals surface area (Å²) < 4.78 is 18.9. The number of hydrogen-bond acceptors (Lipinski definition) is 4. The molecule has 1 unspecified atom stereocenters. The van der Waals surface area contributed by atoms with Crippen LogP contribution in [0.4, 0.5) is 10.1 Å². The summed E-state index contributed by atoms with van der Waals surface area (Å²) in [6.45, 7) is 5.87. The van der Waals surface area contributed by atoms with E-state index in [1.807, 2.05) is 31.2 Å². The standard InChI is InChI=1S/C26H28FN3O3/c1-17(2)22-14-9-18(3)15-23(22)33-16-24(31)29-30-25(19-7-5-4-6-8-19)26(32)28-21-12-10-20(27)11-13-21/h4-15,17,25,30H,16H2,1-3H3,(H,28,32)(H,29,31). The molecule has 3 aromatic rings. The molecule has 0 aliphatic heterocycles. The van der Waals surface area contributed by atoms with E-state index in [0.717, 1.165) is 11.1 Å². The van der Waals surface area contributed by atoms with Crippen molar-refractivity contribution in [2.45, 2.75) is 32.7 Å². The van der Waals surface area contributed by atoms with Gasteiger partial charge < -0.3 is 10.1 Å². The first-order chi connectivity index (χ1) is 15.8. The fourth-order valence-electron chi connectivity index (χ4n) is 3.27. The molecule has 6 nitrogen and oxygen atoms in total. The summed E-state index contributed by atoms with van der Waals surface area (Å²) in [7, 11) is 0. The van der Waals surface area contributed by atoms with Gasteiger partial charge in [0.05, 0.1) is 0 Å². The van der Waals surface area contributed by atoms with Crippen LogP contribution in [0.15, 0.2) is 72.8 Å². The van der Waals surface area contributed by atoms with Crippen LogP contribution < -0.4 is 20.9 Å². The fraction of sp³-hybridized carbons (Fsp3) is 0.231. The topological polar surface area (TPSA) is 79.5 Å². The number of rotatable bonds is 9. The summed E-state index contributed by atoms with van der Waals surface area (Å²) in [5.74, 6) is -0.322. The summed E-state index contributed by atoms with van der Waals surface area (Å²) >= 11 is 0. The minimum absolute atomic E-state index is 0.211. The predicted octanol–water partition coefficient (Wildman–Crippen LogP) is 4.64. The van der Waals surface area contributed by atoms with Gasteiger partial charge in [-0.25, -0.2) is 9.82 Å². The molecule has 0 aliphatic rings. The summed E-state index contributed by atoms with van der Waals surface area (Å²) in [6, 6.07) is 19.5. The summed E-state index contributed by atoms with van der Waals surface area (Å²) in [5, 5.41) is 2.72. The number of anilines is 1. The predicted molar refractivity (Wildman–Crippen MR) is 126 cm³/mol. The van der Waals surface area contributed by atoms with Gasteiger partial charge in [0.1, 0.15) is 17.6 Å². The average Bonchev–Trinajstić information content (AvgIpc) is 2.80. The molecule has 33 heavy (non-hydrogen) atoms. The molecule has 172 valence electrons. The van der Waals surface area contributed by atoms with Crippen LogP contribution in [-0.2, 0) is 9.59 Å². The SMILES string of the molecule is Cc1ccc(C(C)C)c(OCC(=O)NNC(C(=O)Nc2ccc(F)cc2)c2ccccc2)c1. The van der Waals surface area contributed by atoms with Gasteiger partial charge in [-0.2, -0.15) is 0 Å². The Bertz CT molecular complexity index is 1090. The highest BCUT2D eigenvalue weighted by molar-refractivity contribution is 5.95. The Morgan fingerprint density at radius 2 is 1.67 bits per heavy atom. The van der Waals surface area contributed by atoms with Crippen LogP contribution in [0.3, 0.4) is 0 Å². The summed E-state index contributed by atoms with van der Waals surface area (Å²) in [5.41, 5.74) is 8.49. The second-order valence-corrected chi connectivity index (χ2v) is 8.02. The van der Waals surface area contributed by atoms with Gasteiger partial charge >= 0.3 is 0 Å². The van der Waals surface area contributed by atoms with Crippen LogP contribution in [-0.4, -0.2) is 18.4 Å². The van der Waals surface area contributed by atoms with Crippen LogP contribution in [0.5, 0.6) is 5.75 Å². The minimum Gasteiger partial charge on any atom is -0.483 e. The van der Waals surface area contributed by atoms with Crippen molar-refractivity contribution < 1.29 is 18.7 Å². The number of hydrogen-bond donors (Lipinski definition) is 3. The van der Waals surface area contributed by atoms with Crippen molar-refractivity contribution in [3.8, 4) is 5.75 Å². The molecule has 3 rings (SSSR count). The number of carbonyl (C=O) groups is 2. The Morgan fingerprint density at radius 1 is 0.970 bits per heavy atom. The van der Waals surface area contributed by atoms with E-state index in [1.54, 1.807) is 24.3 Å². The van der Waals surface area contributed by atoms with Crippen molar-refractivity contribution in [1.82, 2.24) is 10.9 Å². The average molecular weight is 450 g/mol. The lowest BCUT2D eigenvalue weighted by Gasteiger charge is -2.20. The molecule has 3 N–H and O–H groups in total. The Morgan fingerprint density at radius 3 is 2.33 bits per heavy atom. The Hall–Kier alpha value is -3.71. The number of ether oxygens (including phenoxy) is 1. The summed E-state index contributed by atoms with van der Waals surface area (Å²) in [6.07, 6.45) is 0. The molecule has 0 radical (unpaired) electrons. The van der Waals surface area contributed by atoms with Crippen molar-refractivity contribution >= 4 is 17.5 Å². The molecule has 2 amide bonds. The monoisotopic (exact) mass is 449 g/mol. The third-order valence-electron chi connectivity index (χ3n) is 5.01. The molecule has 0 spiro atoms. The number of amides is 2. The lowest BCUT2D eigenvalue weighted by Crippen LogP contribution is -2.46. The van der Waals surface area contributed by atoms with Gasteiger partial charge in [0.2, 0.25) is 5.91 Å². The maximum Gasteiger partial charge on any atom is 0.272 e. The maximum absolute atomic E-state index is 13.2. The fourth-order valence-corrected chi connectivity index (χ4v) is 3.27. The van der Waals surface area contributed by atoms with E-state index in [2.05, 4.69) is 30.0 Å².